The normalized spacial score (nSPS) is 20.5. The predicted octanol–water partition coefficient (Wildman–Crippen LogP) is 1.26. The molecule has 1 unspecified atom stereocenters. The zero-order chi connectivity index (χ0) is 22.1. The van der Waals surface area contributed by atoms with Crippen LogP contribution in [0.15, 0.2) is 65.6 Å². The van der Waals surface area contributed by atoms with Gasteiger partial charge in [0.1, 0.15) is 6.17 Å². The van der Waals surface area contributed by atoms with Crippen LogP contribution < -0.4 is 4.83 Å². The number of carboxylic acid groups (broad SMARTS) is 1. The number of rotatable bonds is 5. The molecule has 2 aromatic carbocycles. The molecule has 10 heteroatoms. The molecular formula is C21H27N3O6S. The van der Waals surface area contributed by atoms with Gasteiger partial charge in [0.05, 0.1) is 36.9 Å². The van der Waals surface area contributed by atoms with Gasteiger partial charge < -0.3 is 14.6 Å². The number of benzene rings is 2. The first kappa shape index (κ1) is 23.3. The van der Waals surface area contributed by atoms with E-state index in [0.717, 1.165) is 13.1 Å². The predicted molar refractivity (Wildman–Crippen MR) is 114 cm³/mol. The van der Waals surface area contributed by atoms with Crippen LogP contribution in [-0.4, -0.2) is 81.6 Å². The van der Waals surface area contributed by atoms with Crippen molar-refractivity contribution in [3.63, 3.8) is 0 Å². The van der Waals surface area contributed by atoms with Crippen LogP contribution in [0.1, 0.15) is 10.4 Å². The minimum atomic E-state index is -3.57. The summed E-state index contributed by atoms with van der Waals surface area (Å²) in [6.45, 7) is 4.39. The fraction of sp³-hybridized carbons (Fsp3) is 0.381. The molecule has 2 fully saturated rings. The third kappa shape index (κ3) is 6.82. The number of ether oxygens (including phenoxy) is 2. The number of nitrogens with one attached hydrogen (secondary N) is 1. The Balaban J connectivity index is 0.000000254. The van der Waals surface area contributed by atoms with Crippen LogP contribution in [0.2, 0.25) is 0 Å². The molecule has 2 heterocycles. The highest BCUT2D eigenvalue weighted by molar-refractivity contribution is 7.89. The standard InChI is InChI=1S/C14H21N3O4S.C7H6O2/c18-22(19,13-4-2-1-3-5-13)15-17-8-11-21-12-14(17)16-6-9-20-10-7-16;8-7(9)6-4-2-1-3-5-6/h1-5,14-15H,6-12H2;1-5H,(H,8,9). The molecule has 0 amide bonds. The molecule has 2 saturated heterocycles. The number of hydrogen-bond donors (Lipinski definition) is 2. The second kappa shape index (κ2) is 11.3. The van der Waals surface area contributed by atoms with Gasteiger partial charge in [-0.2, -0.15) is 0 Å². The van der Waals surface area contributed by atoms with E-state index in [1.165, 1.54) is 0 Å². The van der Waals surface area contributed by atoms with E-state index in [4.69, 9.17) is 14.6 Å². The minimum absolute atomic E-state index is 0.101. The van der Waals surface area contributed by atoms with Gasteiger partial charge in [-0.1, -0.05) is 36.4 Å². The lowest BCUT2D eigenvalue weighted by Gasteiger charge is -2.43. The lowest BCUT2D eigenvalue weighted by atomic mass is 10.2. The first-order valence-corrected chi connectivity index (χ1v) is 11.5. The number of carboxylic acids is 1. The monoisotopic (exact) mass is 449 g/mol. The average molecular weight is 450 g/mol. The Hall–Kier alpha value is -2.34. The molecule has 1 atom stereocenters. The lowest BCUT2D eigenvalue weighted by Crippen LogP contribution is -2.62. The topological polar surface area (TPSA) is 108 Å². The number of sulfonamides is 1. The van der Waals surface area contributed by atoms with Gasteiger partial charge in [-0.25, -0.2) is 18.2 Å². The van der Waals surface area contributed by atoms with Crippen LogP contribution in [0.25, 0.3) is 0 Å². The molecule has 2 aliphatic heterocycles. The number of hydrazine groups is 1. The van der Waals surface area contributed by atoms with Crippen molar-refractivity contribution in [3.8, 4) is 0 Å². The van der Waals surface area contributed by atoms with Gasteiger partial charge in [-0.3, -0.25) is 4.90 Å². The first-order valence-electron chi connectivity index (χ1n) is 9.99. The summed E-state index contributed by atoms with van der Waals surface area (Å²) in [6, 6.07) is 16.7. The molecule has 168 valence electrons. The summed E-state index contributed by atoms with van der Waals surface area (Å²) in [7, 11) is -3.57. The number of aromatic carboxylic acids is 1. The fourth-order valence-corrected chi connectivity index (χ4v) is 4.41. The van der Waals surface area contributed by atoms with Crippen molar-refractivity contribution >= 4 is 16.0 Å². The third-order valence-corrected chi connectivity index (χ3v) is 6.25. The van der Waals surface area contributed by atoms with Gasteiger partial charge in [0.25, 0.3) is 10.0 Å². The molecule has 0 aliphatic carbocycles. The maximum atomic E-state index is 12.5. The zero-order valence-corrected chi connectivity index (χ0v) is 17.9. The van der Waals surface area contributed by atoms with Gasteiger partial charge in [0.15, 0.2) is 0 Å². The zero-order valence-electron chi connectivity index (χ0n) is 17.1. The summed E-state index contributed by atoms with van der Waals surface area (Å²) >= 11 is 0. The van der Waals surface area contributed by atoms with E-state index in [2.05, 4.69) is 9.73 Å². The molecule has 4 rings (SSSR count). The molecule has 2 aromatic rings. The lowest BCUT2D eigenvalue weighted by molar-refractivity contribution is -0.110. The van der Waals surface area contributed by atoms with Crippen LogP contribution in [0.5, 0.6) is 0 Å². The van der Waals surface area contributed by atoms with E-state index in [1.807, 2.05) is 0 Å². The smallest absolute Gasteiger partial charge is 0.335 e. The molecule has 2 N–H and O–H groups in total. The molecule has 0 spiro atoms. The number of carbonyl (C=O) groups is 1. The maximum Gasteiger partial charge on any atom is 0.335 e. The van der Waals surface area contributed by atoms with Gasteiger partial charge in [0, 0.05) is 19.6 Å². The van der Waals surface area contributed by atoms with Crippen LogP contribution >= 0.6 is 0 Å². The van der Waals surface area contributed by atoms with Crippen LogP contribution in [0.4, 0.5) is 0 Å². The van der Waals surface area contributed by atoms with Crippen molar-refractivity contribution in [2.75, 3.05) is 46.1 Å². The SMILES string of the molecule is O=C(O)c1ccccc1.O=S(=O)(NN1CCOCC1N1CCOCC1)c1ccccc1. The Kier molecular flexibility index (Phi) is 8.52. The van der Waals surface area contributed by atoms with Gasteiger partial charge in [-0.05, 0) is 24.3 Å². The summed E-state index contributed by atoms with van der Waals surface area (Å²) in [5, 5.41) is 10.1. The number of nitrogens with zero attached hydrogens (tertiary/aromatic N) is 2. The molecule has 0 radical (unpaired) electrons. The largest absolute Gasteiger partial charge is 0.478 e. The van der Waals surface area contributed by atoms with E-state index in [0.29, 0.717) is 38.5 Å². The number of hydrogen-bond acceptors (Lipinski definition) is 7. The minimum Gasteiger partial charge on any atom is -0.478 e. The molecule has 9 nitrogen and oxygen atoms in total. The van der Waals surface area contributed by atoms with Crippen LogP contribution in [-0.2, 0) is 19.5 Å². The van der Waals surface area contributed by atoms with Crippen molar-refractivity contribution in [1.82, 2.24) is 14.7 Å². The van der Waals surface area contributed by atoms with Gasteiger partial charge >= 0.3 is 5.97 Å². The highest BCUT2D eigenvalue weighted by Gasteiger charge is 2.32. The van der Waals surface area contributed by atoms with E-state index >= 15 is 0 Å². The Bertz CT molecular complexity index is 921. The Morgan fingerprint density at radius 1 is 0.903 bits per heavy atom. The third-order valence-electron chi connectivity index (χ3n) is 4.88. The Morgan fingerprint density at radius 2 is 1.48 bits per heavy atom. The second-order valence-electron chi connectivity index (χ2n) is 6.98. The molecule has 31 heavy (non-hydrogen) atoms. The first-order chi connectivity index (χ1) is 15.0. The number of morpholine rings is 2. The fourth-order valence-electron chi connectivity index (χ4n) is 3.26. The quantitative estimate of drug-likeness (QED) is 0.702. The van der Waals surface area contributed by atoms with Crippen molar-refractivity contribution in [3.05, 3.63) is 66.2 Å². The second-order valence-corrected chi connectivity index (χ2v) is 8.64. The summed E-state index contributed by atoms with van der Waals surface area (Å²) in [6.07, 6.45) is -0.101. The van der Waals surface area contributed by atoms with Gasteiger partial charge in [-0.15, -0.1) is 4.83 Å². The Morgan fingerprint density at radius 3 is 2.06 bits per heavy atom. The van der Waals surface area contributed by atoms with Crippen LogP contribution in [0, 0.1) is 0 Å². The molecule has 0 aromatic heterocycles. The molecular weight excluding hydrogens is 422 g/mol. The van der Waals surface area contributed by atoms with E-state index in [-0.39, 0.29) is 11.1 Å². The van der Waals surface area contributed by atoms with E-state index in [9.17, 15) is 13.2 Å². The molecule has 2 aliphatic rings. The van der Waals surface area contributed by atoms with E-state index in [1.54, 1.807) is 65.7 Å². The maximum absolute atomic E-state index is 12.5. The Labute approximate surface area is 182 Å². The molecule has 0 bridgehead atoms. The summed E-state index contributed by atoms with van der Waals surface area (Å²) in [5.74, 6) is -0.879. The summed E-state index contributed by atoms with van der Waals surface area (Å²) in [4.78, 5) is 15.4. The summed E-state index contributed by atoms with van der Waals surface area (Å²) < 4.78 is 35.9. The van der Waals surface area contributed by atoms with Crippen molar-refractivity contribution in [2.45, 2.75) is 11.1 Å². The highest BCUT2D eigenvalue weighted by Crippen LogP contribution is 2.15. The molecule has 0 saturated carbocycles. The van der Waals surface area contributed by atoms with Crippen molar-refractivity contribution in [1.29, 1.82) is 0 Å². The van der Waals surface area contributed by atoms with Crippen molar-refractivity contribution in [2.24, 2.45) is 0 Å². The highest BCUT2D eigenvalue weighted by atomic mass is 32.2. The van der Waals surface area contributed by atoms with Crippen LogP contribution in [0.3, 0.4) is 0 Å². The van der Waals surface area contributed by atoms with Crippen molar-refractivity contribution < 1.29 is 27.8 Å². The average Bonchev–Trinajstić information content (AvgIpc) is 2.81. The summed E-state index contributed by atoms with van der Waals surface area (Å²) in [5.41, 5.74) is 0.331. The van der Waals surface area contributed by atoms with Gasteiger partial charge in [0.2, 0.25) is 0 Å². The van der Waals surface area contributed by atoms with E-state index < -0.39 is 16.0 Å².